The predicted octanol–water partition coefficient (Wildman–Crippen LogP) is 8.72. The smallest absolute Gasteiger partial charge is 0.306 e. The van der Waals surface area contributed by atoms with E-state index in [1.165, 1.54) is 6.20 Å². The molecule has 13 nitrogen and oxygen atoms in total. The Balaban J connectivity index is 1.17. The Labute approximate surface area is 381 Å². The number of aliphatic imine (C=N–C) groups is 1. The summed E-state index contributed by atoms with van der Waals surface area (Å²) in [6.07, 6.45) is 6.74. The van der Waals surface area contributed by atoms with Gasteiger partial charge >= 0.3 is 5.97 Å². The number of nitrogens with one attached hydrogen (secondary N) is 1. The first-order valence-corrected chi connectivity index (χ1v) is 21.0. The van der Waals surface area contributed by atoms with Gasteiger partial charge in [0.15, 0.2) is 0 Å². The van der Waals surface area contributed by atoms with Crippen LogP contribution in [0.5, 0.6) is 23.0 Å². The molecule has 2 heterocycles. The highest BCUT2D eigenvalue weighted by Crippen LogP contribution is 2.37. The molecule has 0 bridgehead atoms. The van der Waals surface area contributed by atoms with Gasteiger partial charge in [-0.25, -0.2) is 0 Å². The van der Waals surface area contributed by atoms with Gasteiger partial charge in [-0.2, -0.15) is 5.26 Å². The summed E-state index contributed by atoms with van der Waals surface area (Å²) in [5.41, 5.74) is 9.88. The molecule has 4 aromatic carbocycles. The van der Waals surface area contributed by atoms with Crippen molar-refractivity contribution in [3.05, 3.63) is 163 Å². The number of ether oxygens (including phenoxy) is 4. The van der Waals surface area contributed by atoms with Gasteiger partial charge in [-0.15, -0.1) is 0 Å². The van der Waals surface area contributed by atoms with Crippen LogP contribution in [0.25, 0.3) is 11.1 Å². The van der Waals surface area contributed by atoms with Gasteiger partial charge in [0.1, 0.15) is 55.5 Å². The standard InChI is InChI=1S/C49H47Cl2N5O8/c1-30-36(28-63-47-15-45(61-26-34-10-32(17-52)19-54-21-34)38(12-43(47)50)23-56-24-40(58)14-49(59)60)6-4-8-41(30)42-9-5-7-37(31(42)2)29-64-48-16-46(39(25-57)13-44(48)51)62-27-35-11-33(18-53-3)20-55-22-35/h4-13,15-16,18-22,40,56-58H,14,23-29H2,1-3H3,(H,59,60)/b53-18+. The van der Waals surface area contributed by atoms with Crippen molar-refractivity contribution in [3.8, 4) is 40.2 Å². The van der Waals surface area contributed by atoms with Crippen molar-refractivity contribution < 1.29 is 39.1 Å². The summed E-state index contributed by atoms with van der Waals surface area (Å²) in [6.45, 7) is 4.80. The van der Waals surface area contributed by atoms with Gasteiger partial charge in [0.25, 0.3) is 0 Å². The number of aliphatic carboxylic acids is 1. The Morgan fingerprint density at radius 3 is 1.88 bits per heavy atom. The monoisotopic (exact) mass is 903 g/mol. The number of nitrogens with zero attached hydrogens (tertiary/aromatic N) is 4. The lowest BCUT2D eigenvalue weighted by atomic mass is 9.92. The van der Waals surface area contributed by atoms with Gasteiger partial charge in [-0.3, -0.25) is 19.8 Å². The lowest BCUT2D eigenvalue weighted by Gasteiger charge is -2.19. The highest BCUT2D eigenvalue weighted by Gasteiger charge is 2.18. The lowest BCUT2D eigenvalue weighted by molar-refractivity contribution is -0.139. The number of pyridine rings is 2. The van der Waals surface area contributed by atoms with Crippen LogP contribution in [0, 0.1) is 25.2 Å². The number of carbonyl (C=O) groups is 1. The van der Waals surface area contributed by atoms with Crippen molar-refractivity contribution in [3.63, 3.8) is 0 Å². The number of aliphatic hydroxyl groups is 2. The first-order valence-electron chi connectivity index (χ1n) is 20.2. The molecule has 4 N–H and O–H groups in total. The number of halogens is 2. The number of carboxylic acid groups (broad SMARTS) is 1. The highest BCUT2D eigenvalue weighted by molar-refractivity contribution is 6.32. The number of benzene rings is 4. The summed E-state index contributed by atoms with van der Waals surface area (Å²) in [5, 5.41) is 42.2. The van der Waals surface area contributed by atoms with Crippen LogP contribution in [0.4, 0.5) is 0 Å². The van der Waals surface area contributed by atoms with Crippen molar-refractivity contribution >= 4 is 35.4 Å². The molecular formula is C49H47Cl2N5O8. The Morgan fingerprint density at radius 1 is 0.766 bits per heavy atom. The van der Waals surface area contributed by atoms with E-state index < -0.39 is 18.5 Å². The molecule has 6 aromatic rings. The van der Waals surface area contributed by atoms with Gasteiger partial charge in [0.05, 0.1) is 34.7 Å². The van der Waals surface area contributed by atoms with E-state index in [4.69, 9.17) is 47.3 Å². The predicted molar refractivity (Wildman–Crippen MR) is 244 cm³/mol. The molecule has 0 radical (unpaired) electrons. The summed E-state index contributed by atoms with van der Waals surface area (Å²) >= 11 is 13.4. The minimum atomic E-state index is -1.10. The fraction of sp³-hybridized carbons (Fsp3) is 0.245. The van der Waals surface area contributed by atoms with Crippen LogP contribution in [-0.4, -0.2) is 57.2 Å². The van der Waals surface area contributed by atoms with E-state index in [9.17, 15) is 20.3 Å². The largest absolute Gasteiger partial charge is 0.488 e. The van der Waals surface area contributed by atoms with Crippen LogP contribution in [0.1, 0.15) is 62.1 Å². The van der Waals surface area contributed by atoms with Crippen LogP contribution in [0.3, 0.4) is 0 Å². The maximum atomic E-state index is 11.0. The number of aromatic nitrogens is 2. The van der Waals surface area contributed by atoms with Gasteiger partial charge in [-0.1, -0.05) is 59.6 Å². The topological polar surface area (TPSA) is 189 Å². The van der Waals surface area contributed by atoms with E-state index in [1.807, 2.05) is 44.2 Å². The van der Waals surface area contributed by atoms with E-state index in [2.05, 4.69) is 38.5 Å². The van der Waals surface area contributed by atoms with Gasteiger partial charge in [0.2, 0.25) is 0 Å². The summed E-state index contributed by atoms with van der Waals surface area (Å²) in [4.78, 5) is 23.4. The van der Waals surface area contributed by atoms with Crippen molar-refractivity contribution in [2.75, 3.05) is 13.6 Å². The van der Waals surface area contributed by atoms with Crippen molar-refractivity contribution in [2.24, 2.45) is 4.99 Å². The molecule has 0 aliphatic carbocycles. The number of aliphatic hydroxyl groups excluding tert-OH is 2. The SMILES string of the molecule is C/N=C/c1cncc(COc2cc(OCc3cccc(-c4cccc(COc5cc(OCc6cncc(C#N)c6)c(CNCC(O)CC(=O)O)cc5Cl)c4C)c3C)c(Cl)cc2CO)c1. The van der Waals surface area contributed by atoms with E-state index in [-0.39, 0.29) is 46.1 Å². The first kappa shape index (κ1) is 47.0. The van der Waals surface area contributed by atoms with Gasteiger partial charge < -0.3 is 39.6 Å². The Morgan fingerprint density at radius 2 is 1.31 bits per heavy atom. The van der Waals surface area contributed by atoms with Crippen LogP contribution in [0.15, 0.2) is 103 Å². The second kappa shape index (κ2) is 22.7. The number of hydrogen-bond donors (Lipinski definition) is 4. The van der Waals surface area contributed by atoms with Crippen LogP contribution < -0.4 is 24.3 Å². The molecule has 2 aromatic heterocycles. The van der Waals surface area contributed by atoms with Crippen molar-refractivity contribution in [1.82, 2.24) is 15.3 Å². The molecular weight excluding hydrogens is 857 g/mol. The molecule has 0 saturated heterocycles. The quantitative estimate of drug-likeness (QED) is 0.0504. The van der Waals surface area contributed by atoms with Crippen molar-refractivity contribution in [2.45, 2.75) is 66.0 Å². The summed E-state index contributed by atoms with van der Waals surface area (Å²) < 4.78 is 24.9. The summed E-state index contributed by atoms with van der Waals surface area (Å²) in [7, 11) is 1.69. The zero-order chi connectivity index (χ0) is 45.6. The molecule has 15 heteroatoms. The number of rotatable bonds is 21. The van der Waals surface area contributed by atoms with Gasteiger partial charge in [-0.05, 0) is 71.5 Å². The first-order chi connectivity index (χ1) is 31.0. The fourth-order valence-corrected chi connectivity index (χ4v) is 7.36. The minimum absolute atomic E-state index is 0.0373. The molecule has 0 aliphatic rings. The van der Waals surface area contributed by atoms with Crippen molar-refractivity contribution in [1.29, 1.82) is 5.26 Å². The zero-order valence-corrected chi connectivity index (χ0v) is 37.0. The lowest BCUT2D eigenvalue weighted by Crippen LogP contribution is -2.28. The number of hydrogen-bond acceptors (Lipinski definition) is 12. The van der Waals surface area contributed by atoms with E-state index in [0.717, 1.165) is 44.5 Å². The number of nitriles is 1. The maximum absolute atomic E-state index is 11.0. The summed E-state index contributed by atoms with van der Waals surface area (Å²) in [6, 6.07) is 24.5. The Hall–Kier alpha value is -6.53. The molecule has 1 unspecified atom stereocenters. The molecule has 330 valence electrons. The third kappa shape index (κ3) is 12.6. The molecule has 0 spiro atoms. The van der Waals surface area contributed by atoms with E-state index in [0.29, 0.717) is 55.3 Å². The minimum Gasteiger partial charge on any atom is -0.488 e. The second-order valence-electron chi connectivity index (χ2n) is 14.9. The van der Waals surface area contributed by atoms with Crippen LogP contribution in [0.2, 0.25) is 10.0 Å². The average Bonchev–Trinajstić information content (AvgIpc) is 3.28. The highest BCUT2D eigenvalue weighted by atomic mass is 35.5. The third-order valence-corrected chi connectivity index (χ3v) is 10.9. The second-order valence-corrected chi connectivity index (χ2v) is 15.7. The van der Waals surface area contributed by atoms with Crippen LogP contribution >= 0.6 is 23.2 Å². The maximum Gasteiger partial charge on any atom is 0.306 e. The average molecular weight is 905 g/mol. The van der Waals surface area contributed by atoms with Gasteiger partial charge in [0, 0.05) is 91.1 Å². The molecule has 0 aliphatic heterocycles. The molecule has 64 heavy (non-hydrogen) atoms. The Bertz CT molecular complexity index is 2670. The number of carboxylic acids is 1. The molecule has 0 saturated carbocycles. The fourth-order valence-electron chi connectivity index (χ4n) is 6.88. The Kier molecular flexibility index (Phi) is 16.7. The van der Waals surface area contributed by atoms with E-state index in [1.54, 1.807) is 62.2 Å². The summed E-state index contributed by atoms with van der Waals surface area (Å²) in [5.74, 6) is 0.576. The third-order valence-electron chi connectivity index (χ3n) is 10.3. The zero-order valence-electron chi connectivity index (χ0n) is 35.5. The van der Waals surface area contributed by atoms with Crippen LogP contribution in [-0.2, 0) is 44.4 Å². The normalized spacial score (nSPS) is 11.6. The molecule has 6 rings (SSSR count). The molecule has 0 amide bonds. The van der Waals surface area contributed by atoms with E-state index >= 15 is 0 Å². The molecule has 1 atom stereocenters. The molecule has 0 fully saturated rings.